The van der Waals surface area contributed by atoms with Crippen molar-refractivity contribution in [3.05, 3.63) is 52.3 Å². The standard InChI is InChI=1S/C18H17N3O3S2/c1-11-16(26-18(20-11)14-7-4-8-25-14)17(23)21-12-5-3-6-13(9-12)24-10-15(22)19-2/h3-9H,10H2,1-2H3,(H,19,22)(H,21,23). The van der Waals surface area contributed by atoms with E-state index in [-0.39, 0.29) is 18.4 Å². The van der Waals surface area contributed by atoms with Gasteiger partial charge in [-0.2, -0.15) is 0 Å². The van der Waals surface area contributed by atoms with Crippen LogP contribution in [0.2, 0.25) is 0 Å². The maximum absolute atomic E-state index is 12.6. The molecule has 2 N–H and O–H groups in total. The summed E-state index contributed by atoms with van der Waals surface area (Å²) in [5.41, 5.74) is 1.29. The summed E-state index contributed by atoms with van der Waals surface area (Å²) in [6, 6.07) is 10.9. The number of aromatic nitrogens is 1. The molecule has 0 saturated heterocycles. The minimum atomic E-state index is -0.221. The topological polar surface area (TPSA) is 80.3 Å². The van der Waals surface area contributed by atoms with Gasteiger partial charge in [-0.05, 0) is 30.5 Å². The second-order valence-corrected chi connectivity index (χ2v) is 7.30. The van der Waals surface area contributed by atoms with Gasteiger partial charge in [0.05, 0.1) is 10.6 Å². The molecule has 0 unspecified atom stereocenters. The Kier molecular flexibility index (Phi) is 5.65. The number of ether oxygens (including phenoxy) is 1. The Bertz CT molecular complexity index is 920. The Labute approximate surface area is 158 Å². The van der Waals surface area contributed by atoms with Crippen LogP contribution in [0.25, 0.3) is 9.88 Å². The largest absolute Gasteiger partial charge is 0.484 e. The monoisotopic (exact) mass is 387 g/mol. The minimum Gasteiger partial charge on any atom is -0.484 e. The predicted molar refractivity (Wildman–Crippen MR) is 104 cm³/mol. The van der Waals surface area contributed by atoms with E-state index in [1.807, 2.05) is 24.4 Å². The fourth-order valence-electron chi connectivity index (χ4n) is 2.19. The van der Waals surface area contributed by atoms with Gasteiger partial charge in [0.1, 0.15) is 15.6 Å². The van der Waals surface area contributed by atoms with E-state index in [1.54, 1.807) is 42.6 Å². The lowest BCUT2D eigenvalue weighted by Gasteiger charge is -2.08. The highest BCUT2D eigenvalue weighted by molar-refractivity contribution is 7.22. The van der Waals surface area contributed by atoms with Crippen molar-refractivity contribution in [2.24, 2.45) is 0 Å². The second-order valence-electron chi connectivity index (χ2n) is 5.35. The van der Waals surface area contributed by atoms with Crippen LogP contribution in [-0.4, -0.2) is 30.5 Å². The molecule has 3 rings (SSSR count). The van der Waals surface area contributed by atoms with Crippen LogP contribution in [0, 0.1) is 6.92 Å². The molecule has 8 heteroatoms. The molecule has 0 bridgehead atoms. The fourth-order valence-corrected chi connectivity index (χ4v) is 3.94. The number of hydrogen-bond donors (Lipinski definition) is 2. The molecule has 134 valence electrons. The third-order valence-corrected chi connectivity index (χ3v) is 5.67. The number of benzene rings is 1. The van der Waals surface area contributed by atoms with Crippen LogP contribution in [0.4, 0.5) is 5.69 Å². The Hall–Kier alpha value is -2.71. The number of hydrogen-bond acceptors (Lipinski definition) is 6. The smallest absolute Gasteiger partial charge is 0.267 e. The molecule has 0 fully saturated rings. The SMILES string of the molecule is CNC(=O)COc1cccc(NC(=O)c2sc(-c3cccs3)nc2C)c1. The van der Waals surface area contributed by atoms with Gasteiger partial charge in [0.25, 0.3) is 11.8 Å². The number of carbonyl (C=O) groups excluding carboxylic acids is 2. The molecule has 0 saturated carbocycles. The highest BCUT2D eigenvalue weighted by Gasteiger charge is 2.17. The number of amides is 2. The van der Waals surface area contributed by atoms with Gasteiger partial charge < -0.3 is 15.4 Å². The average Bonchev–Trinajstić information content (AvgIpc) is 3.29. The predicted octanol–water partition coefficient (Wildman–Crippen LogP) is 3.56. The van der Waals surface area contributed by atoms with Crippen molar-refractivity contribution in [1.29, 1.82) is 0 Å². The van der Waals surface area contributed by atoms with Gasteiger partial charge in [0, 0.05) is 18.8 Å². The number of carbonyl (C=O) groups is 2. The Balaban J connectivity index is 1.71. The van der Waals surface area contributed by atoms with Crippen molar-refractivity contribution < 1.29 is 14.3 Å². The molecule has 0 atom stereocenters. The highest BCUT2D eigenvalue weighted by Crippen LogP contribution is 2.31. The first-order valence-electron chi connectivity index (χ1n) is 7.83. The van der Waals surface area contributed by atoms with Crippen molar-refractivity contribution in [3.8, 4) is 15.6 Å². The van der Waals surface area contributed by atoms with Crippen LogP contribution >= 0.6 is 22.7 Å². The lowest BCUT2D eigenvalue weighted by atomic mass is 10.3. The van der Waals surface area contributed by atoms with Crippen LogP contribution < -0.4 is 15.4 Å². The number of nitrogens with zero attached hydrogens (tertiary/aromatic N) is 1. The summed E-state index contributed by atoms with van der Waals surface area (Å²) < 4.78 is 5.39. The van der Waals surface area contributed by atoms with E-state index >= 15 is 0 Å². The van der Waals surface area contributed by atoms with Crippen molar-refractivity contribution in [2.75, 3.05) is 19.0 Å². The number of likely N-dealkylation sites (N-methyl/N-ethyl adjacent to an activating group) is 1. The summed E-state index contributed by atoms with van der Waals surface area (Å²) in [6.07, 6.45) is 0. The number of anilines is 1. The summed E-state index contributed by atoms with van der Waals surface area (Å²) in [6.45, 7) is 1.75. The number of aryl methyl sites for hydroxylation is 1. The zero-order valence-electron chi connectivity index (χ0n) is 14.2. The molecule has 2 amide bonds. The van der Waals surface area contributed by atoms with Gasteiger partial charge in [-0.15, -0.1) is 22.7 Å². The minimum absolute atomic E-state index is 0.0774. The summed E-state index contributed by atoms with van der Waals surface area (Å²) in [5, 5.41) is 8.16. The van der Waals surface area contributed by atoms with Gasteiger partial charge in [-0.1, -0.05) is 12.1 Å². The average molecular weight is 387 g/mol. The van der Waals surface area contributed by atoms with E-state index in [2.05, 4.69) is 15.6 Å². The van der Waals surface area contributed by atoms with Crippen LogP contribution in [-0.2, 0) is 4.79 Å². The first-order valence-corrected chi connectivity index (χ1v) is 9.52. The number of nitrogens with one attached hydrogen (secondary N) is 2. The maximum Gasteiger partial charge on any atom is 0.267 e. The molecule has 2 heterocycles. The van der Waals surface area contributed by atoms with Crippen LogP contribution in [0.15, 0.2) is 41.8 Å². The van der Waals surface area contributed by atoms with E-state index in [1.165, 1.54) is 11.3 Å². The molecule has 0 aliphatic heterocycles. The molecular formula is C18H17N3O3S2. The molecule has 2 aromatic heterocycles. The summed E-state index contributed by atoms with van der Waals surface area (Å²) in [4.78, 5) is 30.0. The van der Waals surface area contributed by atoms with Crippen LogP contribution in [0.1, 0.15) is 15.4 Å². The molecular weight excluding hydrogens is 370 g/mol. The van der Waals surface area contributed by atoms with Gasteiger partial charge >= 0.3 is 0 Å². The maximum atomic E-state index is 12.6. The fraction of sp³-hybridized carbons (Fsp3) is 0.167. The molecule has 0 radical (unpaired) electrons. The van der Waals surface area contributed by atoms with E-state index in [9.17, 15) is 9.59 Å². The van der Waals surface area contributed by atoms with E-state index < -0.39 is 0 Å². The molecule has 0 aliphatic carbocycles. The molecule has 26 heavy (non-hydrogen) atoms. The van der Waals surface area contributed by atoms with Gasteiger partial charge in [-0.25, -0.2) is 4.98 Å². The summed E-state index contributed by atoms with van der Waals surface area (Å²) >= 11 is 2.96. The third kappa shape index (κ3) is 4.27. The zero-order chi connectivity index (χ0) is 18.5. The zero-order valence-corrected chi connectivity index (χ0v) is 15.9. The molecule has 0 aliphatic rings. The van der Waals surface area contributed by atoms with Crippen molar-refractivity contribution in [2.45, 2.75) is 6.92 Å². The van der Waals surface area contributed by atoms with Gasteiger partial charge in [0.2, 0.25) is 0 Å². The molecule has 6 nitrogen and oxygen atoms in total. The Morgan fingerprint density at radius 2 is 2.08 bits per heavy atom. The highest BCUT2D eigenvalue weighted by atomic mass is 32.1. The second kappa shape index (κ2) is 8.11. The van der Waals surface area contributed by atoms with Crippen molar-refractivity contribution in [1.82, 2.24) is 10.3 Å². The number of thiazole rings is 1. The summed E-state index contributed by atoms with van der Waals surface area (Å²) in [5.74, 6) is 0.0683. The quantitative estimate of drug-likeness (QED) is 0.678. The number of thiophene rings is 1. The van der Waals surface area contributed by atoms with Gasteiger partial charge in [-0.3, -0.25) is 9.59 Å². The lowest BCUT2D eigenvalue weighted by Crippen LogP contribution is -2.24. The van der Waals surface area contributed by atoms with E-state index in [4.69, 9.17) is 4.74 Å². The van der Waals surface area contributed by atoms with Crippen molar-refractivity contribution in [3.63, 3.8) is 0 Å². The van der Waals surface area contributed by atoms with Crippen molar-refractivity contribution >= 4 is 40.2 Å². The lowest BCUT2D eigenvalue weighted by molar-refractivity contribution is -0.122. The van der Waals surface area contributed by atoms with E-state index in [0.29, 0.717) is 22.0 Å². The van der Waals surface area contributed by atoms with Crippen LogP contribution in [0.3, 0.4) is 0 Å². The first-order chi connectivity index (χ1) is 12.6. The van der Waals surface area contributed by atoms with E-state index in [0.717, 1.165) is 9.88 Å². The third-order valence-electron chi connectivity index (χ3n) is 3.48. The molecule has 1 aromatic carbocycles. The normalized spacial score (nSPS) is 10.4. The Morgan fingerprint density at radius 3 is 2.81 bits per heavy atom. The summed E-state index contributed by atoms with van der Waals surface area (Å²) in [7, 11) is 1.55. The van der Waals surface area contributed by atoms with Gasteiger partial charge in [0.15, 0.2) is 6.61 Å². The number of rotatable bonds is 6. The Morgan fingerprint density at radius 1 is 1.23 bits per heavy atom. The van der Waals surface area contributed by atoms with Crippen LogP contribution in [0.5, 0.6) is 5.75 Å². The molecule has 0 spiro atoms. The first kappa shape index (κ1) is 18.1. The molecule has 3 aromatic rings.